The number of nitro groups is 1. The molecule has 0 aliphatic heterocycles. The van der Waals surface area contributed by atoms with Gasteiger partial charge in [0.15, 0.2) is 0 Å². The van der Waals surface area contributed by atoms with Crippen molar-refractivity contribution in [3.8, 4) is 0 Å². The molecule has 0 amide bonds. The Morgan fingerprint density at radius 1 is 1.62 bits per heavy atom. The van der Waals surface area contributed by atoms with Gasteiger partial charge in [-0.25, -0.2) is 4.39 Å². The molecule has 4 nitrogen and oxygen atoms in total. The van der Waals surface area contributed by atoms with Crippen molar-refractivity contribution < 1.29 is 9.31 Å². The zero-order chi connectivity index (χ0) is 10.0. The highest BCUT2D eigenvalue weighted by molar-refractivity contribution is 5.47. The molecule has 70 valence electrons. The molecule has 1 aromatic carbocycles. The summed E-state index contributed by atoms with van der Waals surface area (Å²) in [5.74, 6) is -0.580. The van der Waals surface area contributed by atoms with Crippen molar-refractivity contribution in [1.82, 2.24) is 0 Å². The van der Waals surface area contributed by atoms with Crippen molar-refractivity contribution in [2.24, 2.45) is 5.73 Å². The third-order valence-electron chi connectivity index (χ3n) is 1.85. The number of nitrogens with two attached hydrogens (primary N) is 1. The van der Waals surface area contributed by atoms with Gasteiger partial charge in [-0.2, -0.15) is 0 Å². The summed E-state index contributed by atoms with van der Waals surface area (Å²) in [6, 6.07) is 2.52. The van der Waals surface area contributed by atoms with E-state index in [1.54, 1.807) is 0 Å². The van der Waals surface area contributed by atoms with Crippen molar-refractivity contribution >= 4 is 5.69 Å². The molecule has 0 unspecified atom stereocenters. The van der Waals surface area contributed by atoms with E-state index < -0.39 is 10.7 Å². The molecule has 0 saturated carbocycles. The van der Waals surface area contributed by atoms with Gasteiger partial charge in [0.1, 0.15) is 5.82 Å². The molecule has 0 saturated heterocycles. The molecule has 0 aromatic heterocycles. The smallest absolute Gasteiger partial charge is 0.279 e. The summed E-state index contributed by atoms with van der Waals surface area (Å²) < 4.78 is 12.9. The predicted molar refractivity (Wildman–Crippen MR) is 45.7 cm³/mol. The second-order valence-electron chi connectivity index (χ2n) is 2.64. The van der Waals surface area contributed by atoms with E-state index in [0.29, 0.717) is 5.56 Å². The zero-order valence-electron chi connectivity index (χ0n) is 7.08. The third kappa shape index (κ3) is 1.65. The van der Waals surface area contributed by atoms with Crippen LogP contribution in [0.1, 0.15) is 11.1 Å². The number of nitrogens with zero attached hydrogens (tertiary/aromatic N) is 1. The van der Waals surface area contributed by atoms with Crippen molar-refractivity contribution in [1.29, 1.82) is 0 Å². The Morgan fingerprint density at radius 2 is 2.23 bits per heavy atom. The van der Waals surface area contributed by atoms with Crippen LogP contribution in [0.2, 0.25) is 0 Å². The molecule has 0 atom stereocenters. The monoisotopic (exact) mass is 184 g/mol. The van der Waals surface area contributed by atoms with E-state index >= 15 is 0 Å². The maximum Gasteiger partial charge on any atom is 0.279 e. The van der Waals surface area contributed by atoms with Gasteiger partial charge < -0.3 is 5.73 Å². The Kier molecular flexibility index (Phi) is 2.57. The van der Waals surface area contributed by atoms with Gasteiger partial charge in [0, 0.05) is 12.1 Å². The zero-order valence-corrected chi connectivity index (χ0v) is 7.08. The van der Waals surface area contributed by atoms with Crippen LogP contribution < -0.4 is 5.73 Å². The fraction of sp³-hybridized carbons (Fsp3) is 0.250. The van der Waals surface area contributed by atoms with Gasteiger partial charge in [0.25, 0.3) is 5.69 Å². The lowest BCUT2D eigenvalue weighted by Crippen LogP contribution is -2.04. The Hall–Kier alpha value is -1.49. The average molecular weight is 184 g/mol. The number of halogens is 1. The molecular formula is C8H9FN2O2. The van der Waals surface area contributed by atoms with Gasteiger partial charge in [0.05, 0.1) is 10.5 Å². The van der Waals surface area contributed by atoms with E-state index in [0.717, 1.165) is 0 Å². The fourth-order valence-electron chi connectivity index (χ4n) is 1.15. The number of rotatable bonds is 2. The van der Waals surface area contributed by atoms with Crippen LogP contribution in [-0.2, 0) is 6.54 Å². The molecule has 13 heavy (non-hydrogen) atoms. The van der Waals surface area contributed by atoms with Crippen molar-refractivity contribution in [2.45, 2.75) is 13.5 Å². The summed E-state index contributed by atoms with van der Waals surface area (Å²) in [6.45, 7) is 1.41. The topological polar surface area (TPSA) is 69.2 Å². The molecule has 2 N–H and O–H groups in total. The highest BCUT2D eigenvalue weighted by Crippen LogP contribution is 2.24. The van der Waals surface area contributed by atoms with E-state index in [4.69, 9.17) is 5.73 Å². The number of hydrogen-bond donors (Lipinski definition) is 1. The van der Waals surface area contributed by atoms with Crippen LogP contribution in [0.5, 0.6) is 0 Å². The highest BCUT2D eigenvalue weighted by Gasteiger charge is 2.18. The van der Waals surface area contributed by atoms with Crippen LogP contribution in [0, 0.1) is 22.9 Å². The standard InChI is InChI=1S/C8H9FN2O2/c1-5-7(9)3-2-6(4-10)8(5)11(12)13/h2-3H,4,10H2,1H3. The quantitative estimate of drug-likeness (QED) is 0.559. The molecule has 0 heterocycles. The Balaban J connectivity index is 3.41. The molecule has 1 aromatic rings. The maximum absolute atomic E-state index is 12.9. The second-order valence-corrected chi connectivity index (χ2v) is 2.64. The molecule has 1 rings (SSSR count). The molecule has 5 heteroatoms. The van der Waals surface area contributed by atoms with Crippen LogP contribution in [0.25, 0.3) is 0 Å². The van der Waals surface area contributed by atoms with Gasteiger partial charge in [-0.05, 0) is 19.1 Å². The van der Waals surface area contributed by atoms with Gasteiger partial charge in [-0.1, -0.05) is 0 Å². The lowest BCUT2D eigenvalue weighted by molar-refractivity contribution is -0.386. The minimum absolute atomic E-state index is 0.0351. The van der Waals surface area contributed by atoms with Gasteiger partial charge in [-0.15, -0.1) is 0 Å². The van der Waals surface area contributed by atoms with Crippen molar-refractivity contribution in [3.05, 3.63) is 39.2 Å². The molecule has 0 aliphatic carbocycles. The summed E-state index contributed by atoms with van der Waals surface area (Å²) >= 11 is 0. The van der Waals surface area contributed by atoms with Crippen LogP contribution in [0.4, 0.5) is 10.1 Å². The van der Waals surface area contributed by atoms with Crippen molar-refractivity contribution in [3.63, 3.8) is 0 Å². The number of nitro benzene ring substituents is 1. The first-order valence-corrected chi connectivity index (χ1v) is 3.70. The molecule has 0 spiro atoms. The fourth-order valence-corrected chi connectivity index (χ4v) is 1.15. The normalized spacial score (nSPS) is 10.1. The van der Waals surface area contributed by atoms with E-state index in [1.165, 1.54) is 19.1 Å². The second kappa shape index (κ2) is 3.49. The molecule has 0 radical (unpaired) electrons. The lowest BCUT2D eigenvalue weighted by atomic mass is 10.1. The number of benzene rings is 1. The Labute approximate surface area is 74.3 Å². The predicted octanol–water partition coefficient (Wildman–Crippen LogP) is 1.50. The van der Waals surface area contributed by atoms with Crippen molar-refractivity contribution in [2.75, 3.05) is 0 Å². The molecule has 0 aliphatic rings. The molecule has 0 fully saturated rings. The first-order chi connectivity index (χ1) is 6.07. The third-order valence-corrected chi connectivity index (χ3v) is 1.85. The van der Waals surface area contributed by atoms with Gasteiger partial charge in [0.2, 0.25) is 0 Å². The summed E-state index contributed by atoms with van der Waals surface area (Å²) in [5.41, 5.74) is 5.45. The first-order valence-electron chi connectivity index (χ1n) is 3.70. The van der Waals surface area contributed by atoms with Crippen LogP contribution >= 0.6 is 0 Å². The molecular weight excluding hydrogens is 175 g/mol. The first kappa shape index (κ1) is 9.60. The summed E-state index contributed by atoms with van der Waals surface area (Å²) in [4.78, 5) is 9.93. The lowest BCUT2D eigenvalue weighted by Gasteiger charge is -2.03. The summed E-state index contributed by atoms with van der Waals surface area (Å²) in [5, 5.41) is 10.5. The average Bonchev–Trinajstić information content (AvgIpc) is 2.08. The van der Waals surface area contributed by atoms with Crippen LogP contribution in [0.3, 0.4) is 0 Å². The Morgan fingerprint density at radius 3 is 2.69 bits per heavy atom. The molecule has 0 bridgehead atoms. The maximum atomic E-state index is 12.9. The van der Waals surface area contributed by atoms with Gasteiger partial charge in [-0.3, -0.25) is 10.1 Å². The SMILES string of the molecule is Cc1c(F)ccc(CN)c1[N+](=O)[O-]. The number of hydrogen-bond acceptors (Lipinski definition) is 3. The highest BCUT2D eigenvalue weighted by atomic mass is 19.1. The van der Waals surface area contributed by atoms with E-state index in [-0.39, 0.29) is 17.8 Å². The summed E-state index contributed by atoms with van der Waals surface area (Å²) in [7, 11) is 0. The minimum atomic E-state index is -0.611. The van der Waals surface area contributed by atoms with Gasteiger partial charge >= 0.3 is 0 Å². The van der Waals surface area contributed by atoms with Crippen LogP contribution in [0.15, 0.2) is 12.1 Å². The summed E-state index contributed by atoms with van der Waals surface area (Å²) in [6.07, 6.45) is 0. The largest absolute Gasteiger partial charge is 0.326 e. The Bertz CT molecular complexity index is 352. The van der Waals surface area contributed by atoms with E-state index in [1.807, 2.05) is 0 Å². The van der Waals surface area contributed by atoms with Crippen LogP contribution in [-0.4, -0.2) is 4.92 Å². The van der Waals surface area contributed by atoms with E-state index in [9.17, 15) is 14.5 Å². The minimum Gasteiger partial charge on any atom is -0.326 e. The van der Waals surface area contributed by atoms with E-state index in [2.05, 4.69) is 0 Å².